The number of benzene rings is 1. The third kappa shape index (κ3) is 5.64. The van der Waals surface area contributed by atoms with Gasteiger partial charge < -0.3 is 4.90 Å². The summed E-state index contributed by atoms with van der Waals surface area (Å²) in [5.74, 6) is 0.498. The van der Waals surface area contributed by atoms with Gasteiger partial charge in [0, 0.05) is 17.8 Å². The van der Waals surface area contributed by atoms with Gasteiger partial charge in [-0.25, -0.2) is 0 Å². The summed E-state index contributed by atoms with van der Waals surface area (Å²) < 4.78 is 0. The third-order valence-electron chi connectivity index (χ3n) is 6.46. The maximum absolute atomic E-state index is 9.24. The summed E-state index contributed by atoms with van der Waals surface area (Å²) >= 11 is 0. The molecule has 1 aliphatic heterocycles. The minimum Gasteiger partial charge on any atom is -0.328 e. The molecule has 0 aromatic heterocycles. The molecule has 0 saturated carbocycles. The molecular formula is C31H41N3. The maximum Gasteiger partial charge on any atom is 0.116 e. The molecule has 0 spiro atoms. The van der Waals surface area contributed by atoms with E-state index >= 15 is 0 Å². The molecule has 1 aliphatic rings. The molecule has 0 aliphatic carbocycles. The van der Waals surface area contributed by atoms with E-state index in [0.29, 0.717) is 24.5 Å². The lowest BCUT2D eigenvalue weighted by molar-refractivity contribution is 0.568. The van der Waals surface area contributed by atoms with Crippen LogP contribution >= 0.6 is 0 Å². The van der Waals surface area contributed by atoms with E-state index in [0.717, 1.165) is 52.9 Å². The van der Waals surface area contributed by atoms with Crippen molar-refractivity contribution in [2.75, 3.05) is 6.54 Å². The van der Waals surface area contributed by atoms with Gasteiger partial charge in [0.2, 0.25) is 0 Å². The molecule has 1 atom stereocenters. The van der Waals surface area contributed by atoms with Crippen LogP contribution in [0, 0.1) is 19.3 Å². The van der Waals surface area contributed by atoms with E-state index < -0.39 is 5.41 Å². The highest BCUT2D eigenvalue weighted by Gasteiger charge is 2.48. The van der Waals surface area contributed by atoms with E-state index in [9.17, 15) is 5.41 Å². The van der Waals surface area contributed by atoms with Gasteiger partial charge in [0.15, 0.2) is 0 Å². The first-order valence-corrected chi connectivity index (χ1v) is 12.1. The van der Waals surface area contributed by atoms with Gasteiger partial charge >= 0.3 is 0 Å². The molecular weight excluding hydrogens is 414 g/mol. The van der Waals surface area contributed by atoms with Crippen LogP contribution in [-0.2, 0) is 5.41 Å². The summed E-state index contributed by atoms with van der Waals surface area (Å²) in [6, 6.07) is 6.43. The number of likely N-dealkylation sites (tertiary alicyclic amines) is 1. The fourth-order valence-corrected chi connectivity index (χ4v) is 4.57. The van der Waals surface area contributed by atoms with Crippen molar-refractivity contribution in [2.24, 2.45) is 4.99 Å². The number of unbranched alkanes of at least 4 members (excludes halogenated alkanes) is 1. The number of nitrogens with one attached hydrogen (secondary N) is 1. The van der Waals surface area contributed by atoms with Crippen molar-refractivity contribution >= 4 is 11.5 Å². The first-order valence-electron chi connectivity index (χ1n) is 12.1. The van der Waals surface area contributed by atoms with Gasteiger partial charge in [-0.3, -0.25) is 10.4 Å². The van der Waals surface area contributed by atoms with Crippen LogP contribution in [0.15, 0.2) is 96.4 Å². The van der Waals surface area contributed by atoms with Crippen LogP contribution in [0.3, 0.4) is 0 Å². The lowest BCUT2D eigenvalue weighted by atomic mass is 9.71. The van der Waals surface area contributed by atoms with Crippen molar-refractivity contribution in [3.05, 3.63) is 108 Å². The average Bonchev–Trinajstić information content (AvgIpc) is 3.04. The maximum atomic E-state index is 9.24. The zero-order valence-corrected chi connectivity index (χ0v) is 21.8. The van der Waals surface area contributed by atoms with Crippen LogP contribution in [0.25, 0.3) is 0 Å². The monoisotopic (exact) mass is 455 g/mol. The molecule has 1 unspecified atom stereocenters. The second-order valence-corrected chi connectivity index (χ2v) is 9.21. The number of amidine groups is 1. The van der Waals surface area contributed by atoms with Crippen molar-refractivity contribution in [2.45, 2.75) is 65.7 Å². The molecule has 180 valence electrons. The second-order valence-electron chi connectivity index (χ2n) is 9.21. The van der Waals surface area contributed by atoms with Crippen LogP contribution in [0.5, 0.6) is 0 Å². The molecule has 1 heterocycles. The summed E-state index contributed by atoms with van der Waals surface area (Å²) in [5, 5.41) is 9.24. The Morgan fingerprint density at radius 3 is 2.53 bits per heavy atom. The first kappa shape index (κ1) is 27.0. The SMILES string of the molecule is C=C/C=C(\C=C/CCC)C(CC)=NC(=C)CN1C(=C)CC(C(=C)C)(c2cc(C)ccc2C)C1=N. The van der Waals surface area contributed by atoms with E-state index in [4.69, 9.17) is 4.99 Å². The van der Waals surface area contributed by atoms with Gasteiger partial charge in [0.25, 0.3) is 0 Å². The van der Waals surface area contributed by atoms with Crippen molar-refractivity contribution in [1.29, 1.82) is 5.41 Å². The Bertz CT molecular complexity index is 1080. The van der Waals surface area contributed by atoms with E-state index in [1.54, 1.807) is 6.08 Å². The molecule has 3 heteroatoms. The molecule has 0 radical (unpaired) electrons. The fraction of sp³-hybridized carbons (Fsp3) is 0.355. The van der Waals surface area contributed by atoms with Gasteiger partial charge in [-0.1, -0.05) is 100 Å². The number of hydrogen-bond donors (Lipinski definition) is 1. The molecule has 1 saturated heterocycles. The van der Waals surface area contributed by atoms with Crippen molar-refractivity contribution in [3.8, 4) is 0 Å². The van der Waals surface area contributed by atoms with E-state index in [1.165, 1.54) is 5.56 Å². The summed E-state index contributed by atoms with van der Waals surface area (Å²) in [7, 11) is 0. The highest BCUT2D eigenvalue weighted by atomic mass is 15.2. The molecule has 1 aromatic rings. The summed E-state index contributed by atoms with van der Waals surface area (Å²) in [5.41, 5.74) is 7.47. The van der Waals surface area contributed by atoms with E-state index in [2.05, 4.69) is 84.4 Å². The highest BCUT2D eigenvalue weighted by molar-refractivity contribution is 6.03. The summed E-state index contributed by atoms with van der Waals surface area (Å²) in [4.78, 5) is 6.83. The minimum absolute atomic E-state index is 0.432. The minimum atomic E-state index is -0.582. The number of allylic oxidation sites excluding steroid dienone is 6. The summed E-state index contributed by atoms with van der Waals surface area (Å²) in [6.45, 7) is 27.6. The van der Waals surface area contributed by atoms with Gasteiger partial charge in [0.1, 0.15) is 5.84 Å². The van der Waals surface area contributed by atoms with Gasteiger partial charge in [-0.05, 0) is 50.3 Å². The van der Waals surface area contributed by atoms with Crippen molar-refractivity contribution in [1.82, 2.24) is 4.90 Å². The molecule has 1 fully saturated rings. The predicted octanol–water partition coefficient (Wildman–Crippen LogP) is 8.15. The Kier molecular flexibility index (Phi) is 9.37. The normalized spacial score (nSPS) is 19.3. The Labute approximate surface area is 207 Å². The Hall–Kier alpha value is -3.20. The van der Waals surface area contributed by atoms with E-state index in [1.807, 2.05) is 17.9 Å². The molecule has 2 rings (SSSR count). The van der Waals surface area contributed by atoms with Gasteiger partial charge in [0.05, 0.1) is 17.7 Å². The van der Waals surface area contributed by atoms with Crippen molar-refractivity contribution in [3.63, 3.8) is 0 Å². The predicted molar refractivity (Wildman–Crippen MR) is 150 cm³/mol. The van der Waals surface area contributed by atoms with Crippen LogP contribution < -0.4 is 0 Å². The first-order chi connectivity index (χ1) is 16.1. The lowest BCUT2D eigenvalue weighted by Gasteiger charge is -2.33. The van der Waals surface area contributed by atoms with E-state index in [-0.39, 0.29) is 0 Å². The van der Waals surface area contributed by atoms with Crippen molar-refractivity contribution < 1.29 is 0 Å². The number of aryl methyl sites for hydroxylation is 2. The number of hydrogen-bond acceptors (Lipinski definition) is 2. The molecule has 1 N–H and O–H groups in total. The van der Waals surface area contributed by atoms with Crippen LogP contribution in [-0.4, -0.2) is 23.0 Å². The average molecular weight is 456 g/mol. The fourth-order valence-electron chi connectivity index (χ4n) is 4.57. The highest BCUT2D eigenvalue weighted by Crippen LogP contribution is 2.47. The van der Waals surface area contributed by atoms with Crippen LogP contribution in [0.4, 0.5) is 0 Å². The molecule has 0 amide bonds. The Morgan fingerprint density at radius 1 is 1.24 bits per heavy atom. The van der Waals surface area contributed by atoms with Crippen LogP contribution in [0.1, 0.15) is 63.1 Å². The quantitative estimate of drug-likeness (QED) is 0.204. The summed E-state index contributed by atoms with van der Waals surface area (Å²) in [6.07, 6.45) is 11.6. The lowest BCUT2D eigenvalue weighted by Crippen LogP contribution is -2.39. The second kappa shape index (κ2) is 11.8. The molecule has 0 bridgehead atoms. The largest absolute Gasteiger partial charge is 0.328 e. The van der Waals surface area contributed by atoms with Crippen LogP contribution in [0.2, 0.25) is 0 Å². The van der Waals surface area contributed by atoms with Gasteiger partial charge in [-0.15, -0.1) is 0 Å². The topological polar surface area (TPSA) is 39.5 Å². The third-order valence-corrected chi connectivity index (χ3v) is 6.46. The molecule has 34 heavy (non-hydrogen) atoms. The smallest absolute Gasteiger partial charge is 0.116 e. The number of nitrogens with zero attached hydrogens (tertiary/aromatic N) is 2. The Balaban J connectivity index is 2.39. The Morgan fingerprint density at radius 2 is 1.94 bits per heavy atom. The standard InChI is InChI=1S/C31H41N3/c1-10-13-14-16-27(15-11-2)29(12-3)33-25(8)21-34-26(9)20-31(22(4)5,30(34)32)28-19-23(6)17-18-24(28)7/h11,14-19,32H,2,4,8-10,12-13,20-21H2,1,3,5-7H3/b16-14-,27-15+,32-30?,33-29?. The molecule has 3 nitrogen and oxygen atoms in total. The molecule has 1 aromatic carbocycles. The zero-order valence-electron chi connectivity index (χ0n) is 21.8. The van der Waals surface area contributed by atoms with Gasteiger partial charge in [-0.2, -0.15) is 0 Å². The number of rotatable bonds is 11. The number of aliphatic imine (C=N–C) groups is 1. The zero-order chi connectivity index (χ0) is 25.5.